The number of nitrogens with one attached hydrogen (secondary N) is 1. The van der Waals surface area contributed by atoms with Crippen molar-refractivity contribution in [2.24, 2.45) is 5.41 Å². The van der Waals surface area contributed by atoms with E-state index in [-0.39, 0.29) is 0 Å². The molecule has 0 atom stereocenters. The van der Waals surface area contributed by atoms with Gasteiger partial charge in [-0.2, -0.15) is 4.98 Å². The van der Waals surface area contributed by atoms with Crippen molar-refractivity contribution < 1.29 is 0 Å². The number of hydrogen-bond acceptors (Lipinski definition) is 4. The smallest absolute Gasteiger partial charge is 0.224 e. The number of anilines is 2. The Morgan fingerprint density at radius 2 is 1.95 bits per heavy atom. The van der Waals surface area contributed by atoms with E-state index in [1.165, 1.54) is 38.5 Å². The summed E-state index contributed by atoms with van der Waals surface area (Å²) in [5.74, 6) is 1.77. The summed E-state index contributed by atoms with van der Waals surface area (Å²) in [6, 6.07) is 0. The molecule has 5 heteroatoms. The summed E-state index contributed by atoms with van der Waals surface area (Å²) < 4.78 is 1.00. The van der Waals surface area contributed by atoms with E-state index in [0.717, 1.165) is 35.9 Å². The molecule has 0 bridgehead atoms. The van der Waals surface area contributed by atoms with Gasteiger partial charge in [0.1, 0.15) is 5.82 Å². The molecule has 1 aromatic heterocycles. The van der Waals surface area contributed by atoms with Crippen molar-refractivity contribution in [2.75, 3.05) is 29.9 Å². The zero-order valence-corrected chi connectivity index (χ0v) is 13.7. The molecule has 1 N–H and O–H groups in total. The first-order valence-corrected chi connectivity index (χ1v) is 8.53. The predicted molar refractivity (Wildman–Crippen MR) is 86.2 cm³/mol. The lowest BCUT2D eigenvalue weighted by Crippen LogP contribution is -2.39. The van der Waals surface area contributed by atoms with Gasteiger partial charge in [-0.25, -0.2) is 4.98 Å². The highest BCUT2D eigenvalue weighted by molar-refractivity contribution is 9.10. The summed E-state index contributed by atoms with van der Waals surface area (Å²) in [4.78, 5) is 11.4. The molecule has 1 spiro atoms. The van der Waals surface area contributed by atoms with Crippen molar-refractivity contribution in [2.45, 2.75) is 45.4 Å². The topological polar surface area (TPSA) is 41.1 Å². The molecule has 20 heavy (non-hydrogen) atoms. The summed E-state index contributed by atoms with van der Waals surface area (Å²) in [7, 11) is 0. The van der Waals surface area contributed by atoms with Gasteiger partial charge in [0.15, 0.2) is 0 Å². The van der Waals surface area contributed by atoms with Crippen LogP contribution in [0, 0.1) is 5.41 Å². The molecule has 0 radical (unpaired) electrons. The summed E-state index contributed by atoms with van der Waals surface area (Å²) in [5.41, 5.74) is 0.653. The molecule has 2 aliphatic rings. The summed E-state index contributed by atoms with van der Waals surface area (Å²) >= 11 is 3.60. The van der Waals surface area contributed by atoms with E-state index in [1.54, 1.807) is 0 Å². The van der Waals surface area contributed by atoms with E-state index < -0.39 is 0 Å². The molecule has 1 aliphatic carbocycles. The second kappa shape index (κ2) is 5.88. The van der Waals surface area contributed by atoms with Crippen LogP contribution < -0.4 is 10.2 Å². The highest BCUT2D eigenvalue weighted by Crippen LogP contribution is 2.46. The van der Waals surface area contributed by atoms with Gasteiger partial charge in [0.25, 0.3) is 0 Å². The summed E-state index contributed by atoms with van der Waals surface area (Å²) in [5, 5.41) is 3.19. The van der Waals surface area contributed by atoms with Crippen molar-refractivity contribution in [1.82, 2.24) is 9.97 Å². The molecule has 3 rings (SSSR count). The van der Waals surface area contributed by atoms with Gasteiger partial charge in [-0.15, -0.1) is 0 Å². The lowest BCUT2D eigenvalue weighted by molar-refractivity contribution is 0.226. The minimum Gasteiger partial charge on any atom is -0.355 e. The maximum atomic E-state index is 4.66. The molecular weight excluding hydrogens is 316 g/mol. The van der Waals surface area contributed by atoms with Crippen LogP contribution in [0.25, 0.3) is 0 Å². The molecule has 4 nitrogen and oxygen atoms in total. The van der Waals surface area contributed by atoms with Crippen LogP contribution in [0.2, 0.25) is 0 Å². The zero-order valence-electron chi connectivity index (χ0n) is 12.2. The van der Waals surface area contributed by atoms with Crippen molar-refractivity contribution in [3.05, 3.63) is 10.7 Å². The van der Waals surface area contributed by atoms with E-state index >= 15 is 0 Å². The highest BCUT2D eigenvalue weighted by Gasteiger charge is 2.37. The Kier molecular flexibility index (Phi) is 4.15. The third-order valence-corrected chi connectivity index (χ3v) is 5.41. The van der Waals surface area contributed by atoms with Crippen LogP contribution in [-0.2, 0) is 0 Å². The van der Waals surface area contributed by atoms with Crippen molar-refractivity contribution >= 4 is 27.7 Å². The Morgan fingerprint density at radius 1 is 1.25 bits per heavy atom. The van der Waals surface area contributed by atoms with Crippen molar-refractivity contribution in [3.8, 4) is 0 Å². The van der Waals surface area contributed by atoms with Gasteiger partial charge >= 0.3 is 0 Å². The van der Waals surface area contributed by atoms with Gasteiger partial charge < -0.3 is 10.2 Å². The Hall–Kier alpha value is -0.840. The monoisotopic (exact) mass is 338 g/mol. The maximum absolute atomic E-state index is 4.66. The lowest BCUT2D eigenvalue weighted by Gasteiger charge is -2.40. The van der Waals surface area contributed by atoms with Crippen LogP contribution in [0.5, 0.6) is 0 Å². The summed E-state index contributed by atoms with van der Waals surface area (Å²) in [6.45, 7) is 5.17. The average molecular weight is 339 g/mol. The second-order valence-electron chi connectivity index (χ2n) is 6.09. The number of rotatable bonds is 3. The largest absolute Gasteiger partial charge is 0.355 e. The van der Waals surface area contributed by atoms with Crippen molar-refractivity contribution in [3.63, 3.8) is 0 Å². The normalized spacial score (nSPS) is 21.4. The van der Waals surface area contributed by atoms with Crippen LogP contribution >= 0.6 is 15.9 Å². The fraction of sp³-hybridized carbons (Fsp3) is 0.733. The first-order chi connectivity index (χ1) is 9.72. The molecule has 2 heterocycles. The Balaban J connectivity index is 1.72. The minimum absolute atomic E-state index is 0.653. The van der Waals surface area contributed by atoms with Crippen LogP contribution in [0.4, 0.5) is 11.8 Å². The maximum Gasteiger partial charge on any atom is 0.224 e. The number of halogens is 1. The van der Waals surface area contributed by atoms with Crippen LogP contribution in [-0.4, -0.2) is 29.6 Å². The molecule has 1 saturated carbocycles. The molecule has 2 fully saturated rings. The van der Waals surface area contributed by atoms with Crippen LogP contribution in [0.1, 0.15) is 45.4 Å². The predicted octanol–water partition coefficient (Wildman–Crippen LogP) is 3.83. The van der Waals surface area contributed by atoms with Crippen LogP contribution in [0.3, 0.4) is 0 Å². The van der Waals surface area contributed by atoms with E-state index in [9.17, 15) is 0 Å². The molecule has 110 valence electrons. The highest BCUT2D eigenvalue weighted by atomic mass is 79.9. The summed E-state index contributed by atoms with van der Waals surface area (Å²) in [6.07, 6.45) is 10.2. The Bertz CT molecular complexity index is 461. The van der Waals surface area contributed by atoms with E-state index in [4.69, 9.17) is 0 Å². The van der Waals surface area contributed by atoms with Gasteiger partial charge in [-0.3, -0.25) is 0 Å². The first kappa shape index (κ1) is 14.1. The van der Waals surface area contributed by atoms with Gasteiger partial charge in [-0.1, -0.05) is 12.8 Å². The SMILES string of the molecule is CCNc1ncc(Br)c(N2CCC3(CCCC3)CC2)n1. The van der Waals surface area contributed by atoms with Crippen LogP contribution in [0.15, 0.2) is 10.7 Å². The van der Waals surface area contributed by atoms with Gasteiger partial charge in [0, 0.05) is 25.8 Å². The number of nitrogens with zero attached hydrogens (tertiary/aromatic N) is 3. The van der Waals surface area contributed by atoms with Gasteiger partial charge in [0.05, 0.1) is 4.47 Å². The molecule has 1 aromatic rings. The third-order valence-electron chi connectivity index (χ3n) is 4.85. The number of aromatic nitrogens is 2. The van der Waals surface area contributed by atoms with E-state index in [2.05, 4.69) is 43.0 Å². The molecule has 0 unspecified atom stereocenters. The fourth-order valence-corrected chi connectivity index (χ4v) is 4.08. The van der Waals surface area contributed by atoms with E-state index in [1.807, 2.05) is 6.20 Å². The van der Waals surface area contributed by atoms with Gasteiger partial charge in [0.2, 0.25) is 5.95 Å². The minimum atomic E-state index is 0.653. The third kappa shape index (κ3) is 2.78. The number of piperidine rings is 1. The first-order valence-electron chi connectivity index (χ1n) is 7.74. The fourth-order valence-electron chi connectivity index (χ4n) is 3.64. The molecule has 0 aromatic carbocycles. The van der Waals surface area contributed by atoms with Crippen molar-refractivity contribution in [1.29, 1.82) is 0 Å². The number of hydrogen-bond donors (Lipinski definition) is 1. The molecule has 1 aliphatic heterocycles. The zero-order chi connectivity index (χ0) is 14.0. The lowest BCUT2D eigenvalue weighted by atomic mass is 9.77. The van der Waals surface area contributed by atoms with Gasteiger partial charge in [-0.05, 0) is 54.0 Å². The second-order valence-corrected chi connectivity index (χ2v) is 6.94. The molecular formula is C15H23BrN4. The quantitative estimate of drug-likeness (QED) is 0.909. The standard InChI is InChI=1S/C15H23BrN4/c1-2-17-14-18-11-12(16)13(19-14)20-9-7-15(8-10-20)5-3-4-6-15/h11H,2-10H2,1H3,(H,17,18,19). The Morgan fingerprint density at radius 3 is 2.60 bits per heavy atom. The molecule has 1 saturated heterocycles. The van der Waals surface area contributed by atoms with E-state index in [0.29, 0.717) is 5.41 Å². The average Bonchev–Trinajstić information content (AvgIpc) is 2.91. The Labute approximate surface area is 129 Å². The molecule has 0 amide bonds.